The van der Waals surface area contributed by atoms with Gasteiger partial charge in [0.2, 0.25) is 0 Å². The minimum atomic E-state index is 0.00130. The monoisotopic (exact) mass is 202 g/mol. The van der Waals surface area contributed by atoms with E-state index in [4.69, 9.17) is 4.74 Å². The second kappa shape index (κ2) is 3.61. The molecular formula is C12H10O3. The fourth-order valence-electron chi connectivity index (χ4n) is 1.60. The van der Waals surface area contributed by atoms with E-state index in [2.05, 4.69) is 0 Å². The first-order valence-corrected chi connectivity index (χ1v) is 4.52. The van der Waals surface area contributed by atoms with E-state index < -0.39 is 0 Å². The molecule has 0 aliphatic heterocycles. The smallest absolute Gasteiger partial charge is 0.153 e. The Hall–Kier alpha value is -2.03. The quantitative estimate of drug-likeness (QED) is 0.760. The second-order valence-electron chi connectivity index (χ2n) is 3.18. The molecule has 76 valence electrons. The van der Waals surface area contributed by atoms with Crippen molar-refractivity contribution in [2.24, 2.45) is 0 Å². The number of hydrogen-bond donors (Lipinski definition) is 1. The Morgan fingerprint density at radius 3 is 2.67 bits per heavy atom. The predicted octanol–water partition coefficient (Wildman–Crippen LogP) is 2.37. The van der Waals surface area contributed by atoms with Crippen LogP contribution in [-0.2, 0) is 0 Å². The van der Waals surface area contributed by atoms with Crippen LogP contribution in [0.3, 0.4) is 0 Å². The zero-order valence-corrected chi connectivity index (χ0v) is 8.23. The number of hydrogen-bond acceptors (Lipinski definition) is 3. The molecule has 0 bridgehead atoms. The van der Waals surface area contributed by atoms with Crippen molar-refractivity contribution in [3.05, 3.63) is 35.9 Å². The van der Waals surface area contributed by atoms with Gasteiger partial charge in [-0.1, -0.05) is 12.1 Å². The van der Waals surface area contributed by atoms with Gasteiger partial charge in [0.15, 0.2) is 6.29 Å². The van der Waals surface area contributed by atoms with Crippen LogP contribution in [0.2, 0.25) is 0 Å². The average molecular weight is 202 g/mol. The lowest BCUT2D eigenvalue weighted by Crippen LogP contribution is -1.87. The predicted molar refractivity (Wildman–Crippen MR) is 57.6 cm³/mol. The number of methoxy groups -OCH3 is 1. The van der Waals surface area contributed by atoms with E-state index in [0.717, 1.165) is 5.39 Å². The summed E-state index contributed by atoms with van der Waals surface area (Å²) in [5, 5.41) is 11.2. The van der Waals surface area contributed by atoms with Crippen molar-refractivity contribution in [2.45, 2.75) is 0 Å². The lowest BCUT2D eigenvalue weighted by Gasteiger charge is -2.07. The van der Waals surface area contributed by atoms with Crippen molar-refractivity contribution in [3.8, 4) is 11.5 Å². The molecular weight excluding hydrogens is 192 g/mol. The molecule has 0 saturated carbocycles. The number of phenolic OH excluding ortho intramolecular Hbond substituents is 1. The van der Waals surface area contributed by atoms with E-state index in [1.54, 1.807) is 31.4 Å². The SMILES string of the molecule is COc1cccc2c(O)c(C=O)ccc12. The molecule has 0 unspecified atom stereocenters. The largest absolute Gasteiger partial charge is 0.507 e. The van der Waals surface area contributed by atoms with E-state index in [9.17, 15) is 9.90 Å². The van der Waals surface area contributed by atoms with Gasteiger partial charge in [-0.3, -0.25) is 4.79 Å². The van der Waals surface area contributed by atoms with Crippen molar-refractivity contribution in [1.82, 2.24) is 0 Å². The Labute approximate surface area is 86.9 Å². The summed E-state index contributed by atoms with van der Waals surface area (Å²) < 4.78 is 5.16. The average Bonchev–Trinajstić information content (AvgIpc) is 2.29. The highest BCUT2D eigenvalue weighted by molar-refractivity contribution is 5.98. The maximum Gasteiger partial charge on any atom is 0.153 e. The van der Waals surface area contributed by atoms with Crippen molar-refractivity contribution in [1.29, 1.82) is 0 Å². The topological polar surface area (TPSA) is 46.5 Å². The molecule has 2 aromatic carbocycles. The molecule has 3 heteroatoms. The first-order chi connectivity index (χ1) is 7.27. The van der Waals surface area contributed by atoms with Gasteiger partial charge in [0.05, 0.1) is 12.7 Å². The van der Waals surface area contributed by atoms with Gasteiger partial charge in [-0.05, 0) is 18.2 Å². The highest BCUT2D eigenvalue weighted by Crippen LogP contribution is 2.33. The van der Waals surface area contributed by atoms with Crippen molar-refractivity contribution in [2.75, 3.05) is 7.11 Å². The number of ether oxygens (including phenoxy) is 1. The van der Waals surface area contributed by atoms with Crippen LogP contribution in [0.1, 0.15) is 10.4 Å². The van der Waals surface area contributed by atoms with Crippen LogP contribution >= 0.6 is 0 Å². The first kappa shape index (κ1) is 9.52. The van der Waals surface area contributed by atoms with Crippen LogP contribution < -0.4 is 4.74 Å². The number of phenols is 1. The number of benzene rings is 2. The minimum Gasteiger partial charge on any atom is -0.507 e. The van der Waals surface area contributed by atoms with Gasteiger partial charge in [0.1, 0.15) is 11.5 Å². The van der Waals surface area contributed by atoms with Crippen LogP contribution in [0.15, 0.2) is 30.3 Å². The Bertz CT molecular complexity index is 518. The molecule has 15 heavy (non-hydrogen) atoms. The maximum atomic E-state index is 10.6. The molecule has 0 spiro atoms. The number of aromatic hydroxyl groups is 1. The number of fused-ring (bicyclic) bond motifs is 1. The molecule has 2 rings (SSSR count). The van der Waals surface area contributed by atoms with Crippen molar-refractivity contribution in [3.63, 3.8) is 0 Å². The zero-order chi connectivity index (χ0) is 10.8. The third kappa shape index (κ3) is 1.42. The van der Waals surface area contributed by atoms with Crippen LogP contribution in [0, 0.1) is 0 Å². The summed E-state index contributed by atoms with van der Waals surface area (Å²) in [7, 11) is 1.57. The van der Waals surface area contributed by atoms with Crippen LogP contribution in [0.25, 0.3) is 10.8 Å². The zero-order valence-electron chi connectivity index (χ0n) is 8.23. The maximum absolute atomic E-state index is 10.6. The molecule has 0 heterocycles. The summed E-state index contributed by atoms with van der Waals surface area (Å²) in [6.07, 6.45) is 0.633. The van der Waals surface area contributed by atoms with Crippen LogP contribution in [-0.4, -0.2) is 18.5 Å². The number of rotatable bonds is 2. The van der Waals surface area contributed by atoms with Gasteiger partial charge < -0.3 is 9.84 Å². The molecule has 0 amide bonds. The highest BCUT2D eigenvalue weighted by atomic mass is 16.5. The lowest BCUT2D eigenvalue weighted by atomic mass is 10.1. The Kier molecular flexibility index (Phi) is 2.29. The molecule has 2 aromatic rings. The fraction of sp³-hybridized carbons (Fsp3) is 0.0833. The first-order valence-electron chi connectivity index (χ1n) is 4.52. The third-order valence-corrected chi connectivity index (χ3v) is 2.37. The molecule has 0 saturated heterocycles. The molecule has 3 nitrogen and oxygen atoms in total. The Morgan fingerprint density at radius 1 is 1.20 bits per heavy atom. The standard InChI is InChI=1S/C12H10O3/c1-15-11-4-2-3-10-9(11)6-5-8(7-13)12(10)14/h2-7,14H,1H3. The van der Waals surface area contributed by atoms with Gasteiger partial charge in [-0.15, -0.1) is 0 Å². The highest BCUT2D eigenvalue weighted by Gasteiger charge is 2.08. The summed E-state index contributed by atoms with van der Waals surface area (Å²) in [5.74, 6) is 0.682. The number of carbonyl (C=O) groups is 1. The molecule has 0 aliphatic carbocycles. The second-order valence-corrected chi connectivity index (χ2v) is 3.18. The van der Waals surface area contributed by atoms with E-state index in [1.807, 2.05) is 6.07 Å². The number of carbonyl (C=O) groups excluding carboxylic acids is 1. The lowest BCUT2D eigenvalue weighted by molar-refractivity contribution is 0.112. The minimum absolute atomic E-state index is 0.00130. The summed E-state index contributed by atoms with van der Waals surface area (Å²) in [6, 6.07) is 8.67. The van der Waals surface area contributed by atoms with E-state index in [0.29, 0.717) is 17.4 Å². The molecule has 0 aromatic heterocycles. The Balaban J connectivity index is 2.84. The number of aldehydes is 1. The summed E-state index contributed by atoms with van der Waals surface area (Å²) >= 11 is 0. The summed E-state index contributed by atoms with van der Waals surface area (Å²) in [4.78, 5) is 10.6. The molecule has 0 aliphatic rings. The van der Waals surface area contributed by atoms with Gasteiger partial charge in [0, 0.05) is 10.8 Å². The van der Waals surface area contributed by atoms with Crippen molar-refractivity contribution >= 4 is 17.1 Å². The normalized spacial score (nSPS) is 10.2. The fourth-order valence-corrected chi connectivity index (χ4v) is 1.60. The van der Waals surface area contributed by atoms with E-state index in [1.165, 1.54) is 0 Å². The van der Waals surface area contributed by atoms with E-state index in [-0.39, 0.29) is 11.3 Å². The van der Waals surface area contributed by atoms with E-state index >= 15 is 0 Å². The van der Waals surface area contributed by atoms with Gasteiger partial charge in [-0.2, -0.15) is 0 Å². The Morgan fingerprint density at radius 2 is 2.00 bits per heavy atom. The van der Waals surface area contributed by atoms with Gasteiger partial charge in [0.25, 0.3) is 0 Å². The van der Waals surface area contributed by atoms with Crippen molar-refractivity contribution < 1.29 is 14.6 Å². The molecule has 0 radical (unpaired) electrons. The molecule has 1 N–H and O–H groups in total. The summed E-state index contributed by atoms with van der Waals surface area (Å²) in [5.41, 5.74) is 0.288. The van der Waals surface area contributed by atoms with Gasteiger partial charge >= 0.3 is 0 Å². The van der Waals surface area contributed by atoms with Gasteiger partial charge in [-0.25, -0.2) is 0 Å². The molecule has 0 atom stereocenters. The molecule has 0 fully saturated rings. The van der Waals surface area contributed by atoms with Crippen LogP contribution in [0.4, 0.5) is 0 Å². The third-order valence-electron chi connectivity index (χ3n) is 2.37. The summed E-state index contributed by atoms with van der Waals surface area (Å²) in [6.45, 7) is 0. The van der Waals surface area contributed by atoms with Crippen LogP contribution in [0.5, 0.6) is 11.5 Å².